The predicted octanol–water partition coefficient (Wildman–Crippen LogP) is 2.60. The third-order valence-corrected chi connectivity index (χ3v) is 3.36. The normalized spacial score (nSPS) is 10.5. The molecule has 0 saturated heterocycles. The van der Waals surface area contributed by atoms with Crippen LogP contribution in [0.5, 0.6) is 0 Å². The van der Waals surface area contributed by atoms with Crippen LogP contribution < -0.4 is 5.32 Å². The first-order chi connectivity index (χ1) is 9.31. The van der Waals surface area contributed by atoms with Crippen LogP contribution in [-0.2, 0) is 4.79 Å². The molecule has 0 bridgehead atoms. The van der Waals surface area contributed by atoms with Crippen LogP contribution >= 0.6 is 15.9 Å². The molecular weight excluding hydrogens is 320 g/mol. The number of hydrogen-bond acceptors (Lipinski definition) is 2. The van der Waals surface area contributed by atoms with Crippen molar-refractivity contribution in [3.8, 4) is 0 Å². The van der Waals surface area contributed by atoms with E-state index in [0.717, 1.165) is 10.0 Å². The Kier molecular flexibility index (Phi) is 6.20. The highest BCUT2D eigenvalue weighted by atomic mass is 79.9. The Bertz CT molecular complexity index is 480. The summed E-state index contributed by atoms with van der Waals surface area (Å²) in [5.41, 5.74) is 1.68. The highest BCUT2D eigenvalue weighted by Gasteiger charge is 2.13. The molecule has 0 unspecified atom stereocenters. The van der Waals surface area contributed by atoms with Gasteiger partial charge in [0.2, 0.25) is 5.91 Å². The minimum Gasteiger partial charge on any atom is -0.354 e. The highest BCUT2D eigenvalue weighted by molar-refractivity contribution is 9.10. The monoisotopic (exact) mass is 340 g/mol. The number of likely N-dealkylation sites (N-methyl/N-ethyl adjacent to an activating group) is 1. The Morgan fingerprint density at radius 3 is 2.50 bits per heavy atom. The molecule has 1 N–H and O–H groups in total. The first-order valence-electron chi connectivity index (χ1n) is 6.61. The number of nitrogens with one attached hydrogen (secondary N) is 1. The molecule has 0 radical (unpaired) electrons. The zero-order chi connectivity index (χ0) is 15.3. The van der Waals surface area contributed by atoms with Crippen molar-refractivity contribution >= 4 is 27.7 Å². The van der Waals surface area contributed by atoms with Gasteiger partial charge in [-0.1, -0.05) is 29.8 Å². The van der Waals surface area contributed by atoms with Gasteiger partial charge in [0.25, 0.3) is 5.91 Å². The van der Waals surface area contributed by atoms with E-state index in [4.69, 9.17) is 0 Å². The molecule has 5 heteroatoms. The highest BCUT2D eigenvalue weighted by Crippen LogP contribution is 2.16. The van der Waals surface area contributed by atoms with E-state index < -0.39 is 0 Å². The van der Waals surface area contributed by atoms with Crippen LogP contribution in [-0.4, -0.2) is 36.9 Å². The van der Waals surface area contributed by atoms with Gasteiger partial charge in [0.1, 0.15) is 0 Å². The van der Waals surface area contributed by atoms with Crippen LogP contribution in [0.15, 0.2) is 22.7 Å². The molecule has 4 nitrogen and oxygen atoms in total. The summed E-state index contributed by atoms with van der Waals surface area (Å²) in [7, 11) is 1.74. The molecule has 2 amide bonds. The maximum Gasteiger partial charge on any atom is 0.253 e. The molecular formula is C15H21BrN2O2. The molecule has 0 aliphatic rings. The lowest BCUT2D eigenvalue weighted by molar-refractivity contribution is -0.124. The van der Waals surface area contributed by atoms with Gasteiger partial charge in [-0.05, 0) is 30.7 Å². The largest absolute Gasteiger partial charge is 0.354 e. The summed E-state index contributed by atoms with van der Waals surface area (Å²) in [4.78, 5) is 25.3. The molecule has 0 aliphatic carbocycles. The molecule has 0 aliphatic heterocycles. The standard InChI is InChI=1S/C15H21BrN2O2/c1-10(2)14(19)17-5-6-18(4)15(20)12-7-11(3)8-13(16)9-12/h7-10H,5-6H2,1-4H3,(H,17,19). The second-order valence-corrected chi connectivity index (χ2v) is 6.11. The van der Waals surface area contributed by atoms with Gasteiger partial charge in [-0.2, -0.15) is 0 Å². The molecule has 0 atom stereocenters. The summed E-state index contributed by atoms with van der Waals surface area (Å²) >= 11 is 3.39. The van der Waals surface area contributed by atoms with Gasteiger partial charge in [0.15, 0.2) is 0 Å². The van der Waals surface area contributed by atoms with E-state index in [1.807, 2.05) is 32.9 Å². The van der Waals surface area contributed by atoms with Gasteiger partial charge in [0, 0.05) is 36.1 Å². The molecule has 0 heterocycles. The average molecular weight is 341 g/mol. The van der Waals surface area contributed by atoms with Crippen molar-refractivity contribution in [3.63, 3.8) is 0 Å². The molecule has 0 aromatic heterocycles. The van der Waals surface area contributed by atoms with Crippen molar-refractivity contribution in [2.75, 3.05) is 20.1 Å². The SMILES string of the molecule is Cc1cc(Br)cc(C(=O)N(C)CCNC(=O)C(C)C)c1. The number of benzene rings is 1. The summed E-state index contributed by atoms with van der Waals surface area (Å²) in [5.74, 6) is -0.0823. The third-order valence-electron chi connectivity index (χ3n) is 2.91. The van der Waals surface area contributed by atoms with Crippen LogP contribution in [0.1, 0.15) is 29.8 Å². The van der Waals surface area contributed by atoms with Crippen molar-refractivity contribution in [1.29, 1.82) is 0 Å². The van der Waals surface area contributed by atoms with Crippen molar-refractivity contribution in [2.24, 2.45) is 5.92 Å². The minimum absolute atomic E-state index is 0.00384. The summed E-state index contributed by atoms with van der Waals surface area (Å²) in [6.07, 6.45) is 0. The minimum atomic E-state index is -0.0480. The van der Waals surface area contributed by atoms with E-state index in [0.29, 0.717) is 18.7 Å². The fourth-order valence-corrected chi connectivity index (χ4v) is 2.34. The molecule has 1 rings (SSSR count). The Morgan fingerprint density at radius 2 is 1.95 bits per heavy atom. The van der Waals surface area contributed by atoms with Crippen LogP contribution in [0.3, 0.4) is 0 Å². The molecule has 1 aromatic rings. The Balaban J connectivity index is 2.57. The lowest BCUT2D eigenvalue weighted by Crippen LogP contribution is -2.37. The zero-order valence-electron chi connectivity index (χ0n) is 12.4. The van der Waals surface area contributed by atoms with Gasteiger partial charge in [-0.15, -0.1) is 0 Å². The van der Waals surface area contributed by atoms with E-state index in [1.165, 1.54) is 0 Å². The number of nitrogens with zero attached hydrogens (tertiary/aromatic N) is 1. The van der Waals surface area contributed by atoms with E-state index in [-0.39, 0.29) is 17.7 Å². The van der Waals surface area contributed by atoms with Gasteiger partial charge in [-0.3, -0.25) is 9.59 Å². The second-order valence-electron chi connectivity index (χ2n) is 5.19. The maximum absolute atomic E-state index is 12.3. The lowest BCUT2D eigenvalue weighted by atomic mass is 10.1. The first-order valence-corrected chi connectivity index (χ1v) is 7.41. The molecule has 20 heavy (non-hydrogen) atoms. The van der Waals surface area contributed by atoms with Crippen molar-refractivity contribution in [2.45, 2.75) is 20.8 Å². The topological polar surface area (TPSA) is 49.4 Å². The zero-order valence-corrected chi connectivity index (χ0v) is 14.0. The number of amides is 2. The number of halogens is 1. The third kappa shape index (κ3) is 4.96. The van der Waals surface area contributed by atoms with E-state index in [1.54, 1.807) is 18.0 Å². The fourth-order valence-electron chi connectivity index (χ4n) is 1.73. The Hall–Kier alpha value is -1.36. The molecule has 0 spiro atoms. The number of hydrogen-bond donors (Lipinski definition) is 1. The van der Waals surface area contributed by atoms with Crippen LogP contribution in [0.2, 0.25) is 0 Å². The second kappa shape index (κ2) is 7.43. The van der Waals surface area contributed by atoms with Gasteiger partial charge < -0.3 is 10.2 Å². The Morgan fingerprint density at radius 1 is 1.30 bits per heavy atom. The van der Waals surface area contributed by atoms with Crippen LogP contribution in [0, 0.1) is 12.8 Å². The number of rotatable bonds is 5. The molecule has 1 aromatic carbocycles. The molecule has 0 fully saturated rings. The van der Waals surface area contributed by atoms with Gasteiger partial charge in [-0.25, -0.2) is 0 Å². The smallest absolute Gasteiger partial charge is 0.253 e. The maximum atomic E-state index is 12.3. The van der Waals surface area contributed by atoms with Crippen LogP contribution in [0.4, 0.5) is 0 Å². The van der Waals surface area contributed by atoms with Crippen molar-refractivity contribution in [1.82, 2.24) is 10.2 Å². The van der Waals surface area contributed by atoms with Crippen LogP contribution in [0.25, 0.3) is 0 Å². The number of aryl methyl sites for hydroxylation is 1. The fraction of sp³-hybridized carbons (Fsp3) is 0.467. The predicted molar refractivity (Wildman–Crippen MR) is 83.7 cm³/mol. The summed E-state index contributed by atoms with van der Waals surface area (Å²) in [5, 5.41) is 2.80. The van der Waals surface area contributed by atoms with Crippen molar-refractivity contribution in [3.05, 3.63) is 33.8 Å². The van der Waals surface area contributed by atoms with Gasteiger partial charge in [0.05, 0.1) is 0 Å². The quantitative estimate of drug-likeness (QED) is 0.895. The lowest BCUT2D eigenvalue weighted by Gasteiger charge is -2.18. The molecule has 0 saturated carbocycles. The van der Waals surface area contributed by atoms with E-state index >= 15 is 0 Å². The summed E-state index contributed by atoms with van der Waals surface area (Å²) in [6, 6.07) is 5.62. The summed E-state index contributed by atoms with van der Waals surface area (Å²) in [6.45, 7) is 6.59. The number of carbonyl (C=O) groups excluding carboxylic acids is 2. The molecule has 110 valence electrons. The number of carbonyl (C=O) groups is 2. The van der Waals surface area contributed by atoms with E-state index in [2.05, 4.69) is 21.2 Å². The average Bonchev–Trinajstić information content (AvgIpc) is 2.36. The Labute approximate surface area is 128 Å². The van der Waals surface area contributed by atoms with E-state index in [9.17, 15) is 9.59 Å². The summed E-state index contributed by atoms with van der Waals surface area (Å²) < 4.78 is 0.891. The van der Waals surface area contributed by atoms with Crippen molar-refractivity contribution < 1.29 is 9.59 Å². The first kappa shape index (κ1) is 16.7. The van der Waals surface area contributed by atoms with Gasteiger partial charge >= 0.3 is 0 Å².